The highest BCUT2D eigenvalue weighted by Crippen LogP contribution is 2.43. The fourth-order valence-electron chi connectivity index (χ4n) is 5.03. The first-order valence-electron chi connectivity index (χ1n) is 19.1. The summed E-state index contributed by atoms with van der Waals surface area (Å²) in [6, 6.07) is 13.9. The molecule has 0 fully saturated rings. The number of unbranched alkanes of at least 4 members (excludes halogenated alkanes) is 1. The molecule has 0 amide bonds. The minimum absolute atomic E-state index is 0.0452. The molecule has 350 valence electrons. The zero-order valence-electron chi connectivity index (χ0n) is 35.2. The van der Waals surface area contributed by atoms with Gasteiger partial charge in [0.1, 0.15) is 19.8 Å². The van der Waals surface area contributed by atoms with Crippen LogP contribution in [0.25, 0.3) is 11.6 Å². The summed E-state index contributed by atoms with van der Waals surface area (Å²) in [5, 5.41) is 33.6. The maximum absolute atomic E-state index is 14.8. The summed E-state index contributed by atoms with van der Waals surface area (Å²) < 4.78 is 73.7. The van der Waals surface area contributed by atoms with Gasteiger partial charge in [0, 0.05) is 12.4 Å². The van der Waals surface area contributed by atoms with Gasteiger partial charge in [-0.2, -0.15) is 4.98 Å². The van der Waals surface area contributed by atoms with E-state index in [1.165, 1.54) is 43.8 Å². The number of sulfonamides is 1. The molecule has 0 spiro atoms. The lowest BCUT2D eigenvalue weighted by molar-refractivity contribution is -0.493. The van der Waals surface area contributed by atoms with E-state index in [9.17, 15) is 18.0 Å². The number of hydrogen-bond acceptors (Lipinski definition) is 24. The van der Waals surface area contributed by atoms with Crippen molar-refractivity contribution in [2.24, 2.45) is 0 Å². The first-order chi connectivity index (χ1) is 30.6. The van der Waals surface area contributed by atoms with E-state index >= 15 is 0 Å². The lowest BCUT2D eigenvalue weighted by Crippen LogP contribution is -2.36. The third-order valence-electron chi connectivity index (χ3n) is 8.10. The topological polar surface area (TPSA) is 303 Å². The lowest BCUT2D eigenvalue weighted by Gasteiger charge is -2.26. The third kappa shape index (κ3) is 16.2. The number of anilines is 1. The highest BCUT2D eigenvalue weighted by atomic mass is 32.2. The van der Waals surface area contributed by atoms with Gasteiger partial charge in [-0.25, -0.2) is 42.1 Å². The highest BCUT2D eigenvalue weighted by molar-refractivity contribution is 7.92. The van der Waals surface area contributed by atoms with Crippen LogP contribution in [0, 0.1) is 0 Å². The van der Waals surface area contributed by atoms with Gasteiger partial charge >= 0.3 is 12.3 Å². The van der Waals surface area contributed by atoms with Crippen LogP contribution in [0.15, 0.2) is 71.9 Å². The molecule has 26 heteroatoms. The second kappa shape index (κ2) is 25.3. The normalized spacial score (nSPS) is 11.6. The number of carbonyl (C=O) groups is 2. The second-order valence-electron chi connectivity index (χ2n) is 13.6. The van der Waals surface area contributed by atoms with Crippen LogP contribution < -0.4 is 18.5 Å². The van der Waals surface area contributed by atoms with E-state index in [2.05, 4.69) is 29.6 Å². The van der Waals surface area contributed by atoms with Gasteiger partial charge in [-0.1, -0.05) is 45.0 Å². The average molecular weight is 924 g/mol. The van der Waals surface area contributed by atoms with Gasteiger partial charge in [0.2, 0.25) is 11.6 Å². The van der Waals surface area contributed by atoms with E-state index in [-0.39, 0.29) is 85.9 Å². The Morgan fingerprint density at radius 3 is 1.92 bits per heavy atom. The molecule has 2 heterocycles. The van der Waals surface area contributed by atoms with Gasteiger partial charge in [0.25, 0.3) is 15.9 Å². The molecule has 0 aliphatic carbocycles. The molecule has 4 aromatic rings. The van der Waals surface area contributed by atoms with Gasteiger partial charge in [-0.3, -0.25) is 25.7 Å². The van der Waals surface area contributed by atoms with Gasteiger partial charge in [0.15, 0.2) is 29.9 Å². The molecule has 25 nitrogen and oxygen atoms in total. The Kier molecular flexibility index (Phi) is 20.0. The molecule has 0 unspecified atom stereocenters. The largest absolute Gasteiger partial charge is 0.510 e. The molecule has 64 heavy (non-hydrogen) atoms. The van der Waals surface area contributed by atoms with Crippen LogP contribution in [0.2, 0.25) is 0 Å². The quantitative estimate of drug-likeness (QED) is 0.0287. The third-order valence-corrected chi connectivity index (χ3v) is 9.82. The number of methoxy groups -OCH3 is 1. The highest BCUT2D eigenvalue weighted by Gasteiger charge is 2.35. The molecule has 0 aliphatic rings. The Labute approximate surface area is 366 Å². The summed E-state index contributed by atoms with van der Waals surface area (Å²) in [5.41, 5.74) is 0.477. The van der Waals surface area contributed by atoms with Crippen molar-refractivity contribution in [3.63, 3.8) is 0 Å². The predicted octanol–water partition coefficient (Wildman–Crippen LogP) is 4.69. The molecule has 0 aliphatic heterocycles. The van der Waals surface area contributed by atoms with Crippen LogP contribution in [0.5, 0.6) is 23.1 Å². The van der Waals surface area contributed by atoms with Crippen molar-refractivity contribution in [3.05, 3.63) is 72.6 Å². The fraction of sp³-hybridized carbons (Fsp3) is 0.421. The van der Waals surface area contributed by atoms with E-state index in [1.54, 1.807) is 30.3 Å². The Hall–Kier alpha value is -6.07. The molecular formula is C38H49N7O18S. The van der Waals surface area contributed by atoms with E-state index < -0.39 is 70.5 Å². The van der Waals surface area contributed by atoms with Crippen molar-refractivity contribution in [1.82, 2.24) is 30.7 Å². The SMILES string of the molecule is COc1ccccc1Oc1c(OCCOC(=O)OCCOCCON(O)O)nc(-c2ncccn2)nc1N(COC(=O)OCCCCON(O)O)S(=O)(=O)c1ccc(C(C)(C)C)cc1. The number of nitrogens with zero attached hydrogens (tertiary/aromatic N) is 7. The van der Waals surface area contributed by atoms with Crippen LogP contribution in [-0.4, -0.2) is 139 Å². The zero-order valence-corrected chi connectivity index (χ0v) is 36.0. The molecule has 0 radical (unpaired) electrons. The number of hydrogen-bond donors (Lipinski definition) is 4. The van der Waals surface area contributed by atoms with Crippen molar-refractivity contribution >= 4 is 28.2 Å². The molecule has 0 saturated carbocycles. The molecular weight excluding hydrogens is 875 g/mol. The number of para-hydroxylation sites is 2. The minimum Gasteiger partial charge on any atom is -0.493 e. The Morgan fingerprint density at radius 2 is 1.27 bits per heavy atom. The zero-order chi connectivity index (χ0) is 46.5. The summed E-state index contributed by atoms with van der Waals surface area (Å²) in [6.07, 6.45) is 0.856. The predicted molar refractivity (Wildman–Crippen MR) is 214 cm³/mol. The van der Waals surface area contributed by atoms with Gasteiger partial charge < -0.3 is 37.9 Å². The Balaban J connectivity index is 1.73. The fourth-order valence-corrected chi connectivity index (χ4v) is 6.31. The Bertz CT molecular complexity index is 2170. The monoisotopic (exact) mass is 923 g/mol. The van der Waals surface area contributed by atoms with Crippen LogP contribution in [-0.2, 0) is 48.8 Å². The number of rotatable bonds is 26. The van der Waals surface area contributed by atoms with Crippen molar-refractivity contribution in [2.45, 2.75) is 43.9 Å². The summed E-state index contributed by atoms with van der Waals surface area (Å²) in [7, 11) is -3.37. The molecule has 0 atom stereocenters. The van der Waals surface area contributed by atoms with Crippen molar-refractivity contribution in [2.75, 3.05) is 71.0 Å². The first-order valence-corrected chi connectivity index (χ1v) is 20.6. The van der Waals surface area contributed by atoms with Crippen LogP contribution in [0.3, 0.4) is 0 Å². The van der Waals surface area contributed by atoms with Gasteiger partial charge in [0.05, 0.1) is 55.8 Å². The van der Waals surface area contributed by atoms with E-state index in [4.69, 9.17) is 58.7 Å². The van der Waals surface area contributed by atoms with Crippen LogP contribution in [0.1, 0.15) is 39.2 Å². The van der Waals surface area contributed by atoms with Crippen LogP contribution >= 0.6 is 0 Å². The molecule has 0 saturated heterocycles. The number of benzene rings is 2. The lowest BCUT2D eigenvalue weighted by atomic mass is 9.87. The number of aromatic nitrogens is 4. The van der Waals surface area contributed by atoms with Gasteiger partial charge in [-0.05, 0) is 54.2 Å². The minimum atomic E-state index is -4.75. The maximum atomic E-state index is 14.8. The molecule has 4 rings (SSSR count). The summed E-state index contributed by atoms with van der Waals surface area (Å²) in [5.74, 6) is -1.49. The van der Waals surface area contributed by atoms with Crippen molar-refractivity contribution in [3.8, 4) is 34.8 Å². The van der Waals surface area contributed by atoms with Crippen molar-refractivity contribution < 1.29 is 86.4 Å². The smallest absolute Gasteiger partial charge is 0.493 e. The van der Waals surface area contributed by atoms with Crippen LogP contribution in [0.4, 0.5) is 15.4 Å². The summed E-state index contributed by atoms with van der Waals surface area (Å²) in [4.78, 5) is 51.2. The molecule has 2 aromatic heterocycles. The van der Waals surface area contributed by atoms with E-state index in [0.29, 0.717) is 4.31 Å². The Morgan fingerprint density at radius 1 is 0.672 bits per heavy atom. The number of ether oxygens (including phenoxy) is 8. The first kappa shape index (κ1) is 50.6. The van der Waals surface area contributed by atoms with E-state index in [1.807, 2.05) is 20.8 Å². The second-order valence-corrected chi connectivity index (χ2v) is 15.5. The number of carbonyl (C=O) groups excluding carboxylic acids is 2. The van der Waals surface area contributed by atoms with E-state index in [0.717, 1.165) is 5.56 Å². The molecule has 2 aromatic carbocycles. The summed E-state index contributed by atoms with van der Waals surface area (Å²) >= 11 is 0. The van der Waals surface area contributed by atoms with Gasteiger partial charge in [-0.15, -0.1) is 0 Å². The molecule has 4 N–H and O–H groups in total. The maximum Gasteiger partial charge on any atom is 0.510 e. The standard InChI is InChI=1S/C38H49N7O18S/c1-38(2,3)27-12-14-28(15-13-27)64(52,53)43(26-60-37(47)57-18-7-8-19-61-44(48)49)34-31(63-30-11-6-5-10-29(30)54-4)35(42-33(41-34)32-39-16-9-17-40-32)56-23-24-59-36(46)58-22-20-55-21-25-62-45(50)51/h5-6,9-17,48-51H,7-8,18-26H2,1-4H3. The summed E-state index contributed by atoms with van der Waals surface area (Å²) in [6.45, 7) is 3.11. The van der Waals surface area contributed by atoms with Crippen molar-refractivity contribution in [1.29, 1.82) is 0 Å². The molecule has 0 bridgehead atoms. The average Bonchev–Trinajstić information content (AvgIpc) is 3.26.